The van der Waals surface area contributed by atoms with Gasteiger partial charge in [0.15, 0.2) is 6.04 Å². The number of rotatable bonds is 6. The van der Waals surface area contributed by atoms with E-state index >= 15 is 0 Å². The number of amides is 2. The van der Waals surface area contributed by atoms with Gasteiger partial charge in [-0.3, -0.25) is 4.79 Å². The first-order valence-electron chi connectivity index (χ1n) is 11.2. The van der Waals surface area contributed by atoms with Crippen LogP contribution in [-0.4, -0.2) is 66.9 Å². The average molecular weight is 450 g/mol. The molecule has 0 radical (unpaired) electrons. The number of fused-ring (bicyclic) bond motifs is 3. The molecule has 2 N–H and O–H groups in total. The van der Waals surface area contributed by atoms with Crippen LogP contribution in [0.5, 0.6) is 0 Å². The molecule has 1 unspecified atom stereocenters. The Labute approximate surface area is 191 Å². The summed E-state index contributed by atoms with van der Waals surface area (Å²) in [7, 11) is 0. The number of alkyl carbamates (subject to hydrolysis) is 1. The molecule has 172 valence electrons. The highest BCUT2D eigenvalue weighted by molar-refractivity contribution is 5.87. The maximum atomic E-state index is 12.7. The fraction of sp³-hybridized carbons (Fsp3) is 0.400. The second-order valence-corrected chi connectivity index (χ2v) is 8.77. The Hall–Kier alpha value is -3.39. The van der Waals surface area contributed by atoms with E-state index in [4.69, 9.17) is 9.47 Å². The highest BCUT2D eigenvalue weighted by atomic mass is 16.5. The number of carbonyl (C=O) groups excluding carboxylic acids is 2. The summed E-state index contributed by atoms with van der Waals surface area (Å²) in [6.07, 6.45) is 0.122. The monoisotopic (exact) mass is 450 g/mol. The van der Waals surface area contributed by atoms with Crippen LogP contribution in [0.2, 0.25) is 0 Å². The molecular weight excluding hydrogens is 424 g/mol. The third kappa shape index (κ3) is 4.18. The van der Waals surface area contributed by atoms with E-state index < -0.39 is 18.1 Å². The summed E-state index contributed by atoms with van der Waals surface area (Å²) in [5, 5.41) is 12.1. The zero-order chi connectivity index (χ0) is 22.9. The SMILES string of the molecule is O=C(NC[C@@H]1C[C@@H]1C(=O)N1CCOCC1C(=O)O)OCC1c2ccccc2-c2ccccc21. The number of morpholine rings is 1. The molecule has 3 atom stereocenters. The molecule has 5 rings (SSSR count). The number of carbonyl (C=O) groups is 3. The summed E-state index contributed by atoms with van der Waals surface area (Å²) in [5.74, 6) is -1.51. The van der Waals surface area contributed by atoms with E-state index in [0.29, 0.717) is 19.6 Å². The number of hydrogen-bond donors (Lipinski definition) is 2. The third-order valence-corrected chi connectivity index (χ3v) is 6.79. The van der Waals surface area contributed by atoms with Gasteiger partial charge >= 0.3 is 12.1 Å². The molecule has 1 saturated carbocycles. The molecule has 8 nitrogen and oxygen atoms in total. The molecule has 1 heterocycles. The lowest BCUT2D eigenvalue weighted by Gasteiger charge is -2.33. The summed E-state index contributed by atoms with van der Waals surface area (Å²) in [4.78, 5) is 37.9. The zero-order valence-corrected chi connectivity index (χ0v) is 18.1. The van der Waals surface area contributed by atoms with Crippen LogP contribution in [0.3, 0.4) is 0 Å². The Morgan fingerprint density at radius 3 is 2.39 bits per heavy atom. The molecule has 2 amide bonds. The smallest absolute Gasteiger partial charge is 0.407 e. The van der Waals surface area contributed by atoms with E-state index in [1.807, 2.05) is 24.3 Å². The van der Waals surface area contributed by atoms with Gasteiger partial charge in [0, 0.05) is 24.9 Å². The van der Waals surface area contributed by atoms with Gasteiger partial charge in [0.25, 0.3) is 0 Å². The van der Waals surface area contributed by atoms with Gasteiger partial charge < -0.3 is 24.8 Å². The van der Waals surface area contributed by atoms with Crippen LogP contribution in [0.4, 0.5) is 4.79 Å². The van der Waals surface area contributed by atoms with Crippen molar-refractivity contribution in [1.29, 1.82) is 0 Å². The molecular formula is C25H26N2O6. The van der Waals surface area contributed by atoms with Crippen molar-refractivity contribution in [1.82, 2.24) is 10.2 Å². The minimum atomic E-state index is -1.06. The highest BCUT2D eigenvalue weighted by Gasteiger charge is 2.47. The van der Waals surface area contributed by atoms with Gasteiger partial charge in [0.05, 0.1) is 13.2 Å². The van der Waals surface area contributed by atoms with Gasteiger partial charge in [-0.2, -0.15) is 0 Å². The Morgan fingerprint density at radius 1 is 1.06 bits per heavy atom. The molecule has 0 aromatic heterocycles. The average Bonchev–Trinajstić information content (AvgIpc) is 3.55. The third-order valence-electron chi connectivity index (χ3n) is 6.79. The highest BCUT2D eigenvalue weighted by Crippen LogP contribution is 2.44. The lowest BCUT2D eigenvalue weighted by Crippen LogP contribution is -2.53. The Kier molecular flexibility index (Phi) is 5.76. The van der Waals surface area contributed by atoms with E-state index in [0.717, 1.165) is 11.1 Å². The summed E-state index contributed by atoms with van der Waals surface area (Å²) in [5.41, 5.74) is 4.64. The molecule has 2 fully saturated rings. The Morgan fingerprint density at radius 2 is 1.73 bits per heavy atom. The largest absolute Gasteiger partial charge is 0.480 e. The van der Waals surface area contributed by atoms with Crippen molar-refractivity contribution < 1.29 is 29.0 Å². The summed E-state index contributed by atoms with van der Waals surface area (Å²) < 4.78 is 10.7. The van der Waals surface area contributed by atoms with Crippen LogP contribution in [0, 0.1) is 11.8 Å². The molecule has 8 heteroatoms. The summed E-state index contributed by atoms with van der Waals surface area (Å²) in [6, 6.07) is 15.4. The minimum absolute atomic E-state index is 0.00438. The lowest BCUT2D eigenvalue weighted by molar-refractivity contribution is -0.159. The molecule has 2 aromatic rings. The molecule has 33 heavy (non-hydrogen) atoms. The number of carboxylic acid groups (broad SMARTS) is 1. The number of ether oxygens (including phenoxy) is 2. The first kappa shape index (κ1) is 21.5. The van der Waals surface area contributed by atoms with E-state index in [-0.39, 0.29) is 43.4 Å². The predicted molar refractivity (Wildman–Crippen MR) is 119 cm³/mol. The van der Waals surface area contributed by atoms with Crippen LogP contribution >= 0.6 is 0 Å². The molecule has 2 aliphatic carbocycles. The Balaban J connectivity index is 1.12. The van der Waals surface area contributed by atoms with Crippen LogP contribution in [0.25, 0.3) is 11.1 Å². The normalized spacial score (nSPS) is 23.4. The first-order chi connectivity index (χ1) is 16.0. The van der Waals surface area contributed by atoms with Gasteiger partial charge in [-0.25, -0.2) is 9.59 Å². The van der Waals surface area contributed by atoms with Crippen molar-refractivity contribution in [2.24, 2.45) is 11.8 Å². The van der Waals surface area contributed by atoms with Crippen molar-refractivity contribution in [3.63, 3.8) is 0 Å². The van der Waals surface area contributed by atoms with Gasteiger partial charge in [0.2, 0.25) is 5.91 Å². The number of hydrogen-bond acceptors (Lipinski definition) is 5. The Bertz CT molecular complexity index is 1040. The fourth-order valence-electron chi connectivity index (χ4n) is 4.92. The van der Waals surface area contributed by atoms with Crippen LogP contribution in [0.1, 0.15) is 23.5 Å². The quantitative estimate of drug-likeness (QED) is 0.701. The number of nitrogens with one attached hydrogen (secondary N) is 1. The van der Waals surface area contributed by atoms with Crippen molar-refractivity contribution in [3.8, 4) is 11.1 Å². The molecule has 2 aromatic carbocycles. The van der Waals surface area contributed by atoms with Crippen LogP contribution in [-0.2, 0) is 19.1 Å². The minimum Gasteiger partial charge on any atom is -0.480 e. The van der Waals surface area contributed by atoms with Crippen molar-refractivity contribution in [2.45, 2.75) is 18.4 Å². The van der Waals surface area contributed by atoms with Crippen molar-refractivity contribution in [3.05, 3.63) is 59.7 Å². The van der Waals surface area contributed by atoms with Crippen molar-refractivity contribution in [2.75, 3.05) is 32.9 Å². The van der Waals surface area contributed by atoms with Gasteiger partial charge in [0.1, 0.15) is 6.61 Å². The standard InChI is InChI=1S/C25H26N2O6/c28-23(27-9-10-32-14-22(27)24(29)30)20-11-15(20)12-26-25(31)33-13-21-18-7-3-1-5-16(18)17-6-2-4-8-19(17)21/h1-8,15,20-22H,9-14H2,(H,26,31)(H,29,30)/t15-,20-,22?/m0/s1. The van der Waals surface area contributed by atoms with Gasteiger partial charge in [-0.1, -0.05) is 48.5 Å². The lowest BCUT2D eigenvalue weighted by atomic mass is 9.98. The summed E-state index contributed by atoms with van der Waals surface area (Å²) >= 11 is 0. The maximum absolute atomic E-state index is 12.7. The van der Waals surface area contributed by atoms with Gasteiger partial charge in [-0.05, 0) is 34.6 Å². The number of aliphatic carboxylic acids is 1. The van der Waals surface area contributed by atoms with Crippen LogP contribution in [0.15, 0.2) is 48.5 Å². The molecule has 0 spiro atoms. The first-order valence-corrected chi connectivity index (χ1v) is 11.2. The zero-order valence-electron chi connectivity index (χ0n) is 18.1. The number of carboxylic acids is 1. The van der Waals surface area contributed by atoms with E-state index in [9.17, 15) is 19.5 Å². The molecule has 1 aliphatic heterocycles. The topological polar surface area (TPSA) is 105 Å². The second kappa shape index (κ2) is 8.86. The second-order valence-electron chi connectivity index (χ2n) is 8.77. The van der Waals surface area contributed by atoms with E-state index in [1.54, 1.807) is 0 Å². The molecule has 1 saturated heterocycles. The summed E-state index contributed by atoms with van der Waals surface area (Å²) in [6.45, 7) is 1.19. The number of benzene rings is 2. The van der Waals surface area contributed by atoms with Crippen LogP contribution < -0.4 is 5.32 Å². The number of nitrogens with zero attached hydrogens (tertiary/aromatic N) is 1. The molecule has 3 aliphatic rings. The predicted octanol–water partition coefficient (Wildman–Crippen LogP) is 2.47. The van der Waals surface area contributed by atoms with Crippen molar-refractivity contribution >= 4 is 18.0 Å². The van der Waals surface area contributed by atoms with E-state index in [1.165, 1.54) is 16.0 Å². The van der Waals surface area contributed by atoms with E-state index in [2.05, 4.69) is 29.6 Å². The molecule has 0 bridgehead atoms. The maximum Gasteiger partial charge on any atom is 0.407 e. The fourth-order valence-corrected chi connectivity index (χ4v) is 4.92. The van der Waals surface area contributed by atoms with Gasteiger partial charge in [-0.15, -0.1) is 0 Å².